The smallest absolute Gasteiger partial charge is 0.186 e. The van der Waals surface area contributed by atoms with Crippen LogP contribution in [-0.4, -0.2) is 5.96 Å². The van der Waals surface area contributed by atoms with Crippen molar-refractivity contribution >= 4 is 28.6 Å². The van der Waals surface area contributed by atoms with E-state index in [0.29, 0.717) is 10.1 Å². The molecular weight excluding hydrogens is 282 g/mol. The Kier molecular flexibility index (Phi) is 3.47. The maximum Gasteiger partial charge on any atom is 0.186 e. The number of benzene rings is 1. The second-order valence-electron chi connectivity index (χ2n) is 2.49. The van der Waals surface area contributed by atoms with Crippen LogP contribution in [0.25, 0.3) is 0 Å². The highest BCUT2D eigenvalue weighted by Gasteiger charge is 1.99. The van der Waals surface area contributed by atoms with E-state index in [1.807, 2.05) is 22.6 Å². The Morgan fingerprint density at radius 2 is 2.15 bits per heavy atom. The number of hydrogen-bond acceptors (Lipinski definition) is 1. The van der Waals surface area contributed by atoms with Crippen LogP contribution >= 0.6 is 22.6 Å². The number of halogens is 2. The van der Waals surface area contributed by atoms with Crippen LogP contribution in [0.2, 0.25) is 0 Å². The quantitative estimate of drug-likeness (QED) is 0.488. The van der Waals surface area contributed by atoms with E-state index in [1.165, 1.54) is 6.07 Å². The molecule has 0 heterocycles. The maximum atomic E-state index is 12.8. The molecule has 1 aromatic rings. The Labute approximate surface area is 89.2 Å². The van der Waals surface area contributed by atoms with Gasteiger partial charge in [0, 0.05) is 3.57 Å². The van der Waals surface area contributed by atoms with Crippen molar-refractivity contribution in [1.82, 2.24) is 0 Å². The molecule has 0 spiro atoms. The van der Waals surface area contributed by atoms with E-state index in [0.717, 1.165) is 5.56 Å². The number of guanidine groups is 1. The summed E-state index contributed by atoms with van der Waals surface area (Å²) in [5.74, 6) is -0.187. The fourth-order valence-corrected chi connectivity index (χ4v) is 1.40. The fourth-order valence-electron chi connectivity index (χ4n) is 0.821. The summed E-state index contributed by atoms with van der Waals surface area (Å²) in [5.41, 5.74) is 11.2. The summed E-state index contributed by atoms with van der Waals surface area (Å²) in [6.07, 6.45) is 0. The van der Waals surface area contributed by atoms with Crippen LogP contribution in [-0.2, 0) is 6.54 Å². The molecule has 0 radical (unpaired) electrons. The predicted octanol–water partition coefficient (Wildman–Crippen LogP) is 1.20. The Bertz CT molecular complexity index is 334. The summed E-state index contributed by atoms with van der Waals surface area (Å²) in [6, 6.07) is 4.77. The number of nitrogens with two attached hydrogens (primary N) is 2. The first-order chi connectivity index (χ1) is 6.09. The van der Waals surface area contributed by atoms with Gasteiger partial charge in [-0.3, -0.25) is 0 Å². The van der Waals surface area contributed by atoms with E-state index in [-0.39, 0.29) is 11.8 Å². The standard InChI is InChI=1S/C8H9FIN3/c9-6-2-1-5(3-7(6)10)4-13-8(11)12/h1-3H,4H2,(H4,11,12,13)/i10-2. The average molecular weight is 291 g/mol. The number of rotatable bonds is 2. The zero-order chi connectivity index (χ0) is 9.84. The van der Waals surface area contributed by atoms with E-state index in [1.54, 1.807) is 12.1 Å². The molecule has 0 saturated carbocycles. The molecule has 1 rings (SSSR count). The Hall–Kier alpha value is -0.850. The Balaban J connectivity index is 2.80. The lowest BCUT2D eigenvalue weighted by molar-refractivity contribution is 0.619. The maximum absolute atomic E-state index is 12.8. The van der Waals surface area contributed by atoms with Gasteiger partial charge in [0.15, 0.2) is 5.96 Å². The van der Waals surface area contributed by atoms with Crippen molar-refractivity contribution in [2.75, 3.05) is 0 Å². The van der Waals surface area contributed by atoms with Gasteiger partial charge in [-0.2, -0.15) is 0 Å². The SMILES string of the molecule is NC(N)=NCc1ccc(F)c([125I])c1. The average Bonchev–Trinajstić information content (AvgIpc) is 2.07. The van der Waals surface area contributed by atoms with E-state index in [4.69, 9.17) is 11.5 Å². The molecule has 13 heavy (non-hydrogen) atoms. The van der Waals surface area contributed by atoms with Gasteiger partial charge in [-0.15, -0.1) is 0 Å². The van der Waals surface area contributed by atoms with E-state index < -0.39 is 0 Å². The van der Waals surface area contributed by atoms with Crippen molar-refractivity contribution in [1.29, 1.82) is 0 Å². The van der Waals surface area contributed by atoms with Crippen molar-refractivity contribution in [3.8, 4) is 0 Å². The number of hydrogen-bond donors (Lipinski definition) is 2. The van der Waals surface area contributed by atoms with Crippen LogP contribution in [0.3, 0.4) is 0 Å². The first-order valence-electron chi connectivity index (χ1n) is 3.59. The second-order valence-corrected chi connectivity index (χ2v) is 3.65. The first kappa shape index (κ1) is 10.2. The van der Waals surface area contributed by atoms with Crippen molar-refractivity contribution in [3.63, 3.8) is 0 Å². The van der Waals surface area contributed by atoms with E-state index in [9.17, 15) is 4.39 Å². The van der Waals surface area contributed by atoms with Crippen LogP contribution in [0.1, 0.15) is 5.56 Å². The van der Waals surface area contributed by atoms with Gasteiger partial charge in [0.1, 0.15) is 5.82 Å². The summed E-state index contributed by atoms with van der Waals surface area (Å²) in [5, 5.41) is 0. The van der Waals surface area contributed by atoms with Gasteiger partial charge in [0.25, 0.3) is 0 Å². The van der Waals surface area contributed by atoms with Crippen molar-refractivity contribution in [2.24, 2.45) is 16.5 Å². The highest BCUT2D eigenvalue weighted by molar-refractivity contribution is 14.1. The molecule has 0 fully saturated rings. The van der Waals surface area contributed by atoms with Gasteiger partial charge >= 0.3 is 0 Å². The fraction of sp³-hybridized carbons (Fsp3) is 0.125. The number of aliphatic imine (C=N–C) groups is 1. The molecule has 0 unspecified atom stereocenters. The summed E-state index contributed by atoms with van der Waals surface area (Å²) >= 11 is 1.92. The predicted molar refractivity (Wildman–Crippen MR) is 58.6 cm³/mol. The minimum atomic E-state index is -0.228. The molecule has 0 amide bonds. The minimum absolute atomic E-state index is 0.0410. The van der Waals surface area contributed by atoms with E-state index in [2.05, 4.69) is 4.99 Å². The lowest BCUT2D eigenvalue weighted by Crippen LogP contribution is -2.22. The third-order valence-electron chi connectivity index (χ3n) is 1.43. The molecular formula is C8H9FIN3. The van der Waals surface area contributed by atoms with Gasteiger partial charge in [0.2, 0.25) is 0 Å². The number of nitrogens with zero attached hydrogens (tertiary/aromatic N) is 1. The summed E-state index contributed by atoms with van der Waals surface area (Å²) < 4.78 is 13.4. The Morgan fingerprint density at radius 1 is 1.46 bits per heavy atom. The van der Waals surface area contributed by atoms with Gasteiger partial charge in [-0.05, 0) is 40.3 Å². The largest absolute Gasteiger partial charge is 0.370 e. The molecule has 4 N–H and O–H groups in total. The zero-order valence-electron chi connectivity index (χ0n) is 6.80. The minimum Gasteiger partial charge on any atom is -0.370 e. The molecule has 3 nitrogen and oxygen atoms in total. The van der Waals surface area contributed by atoms with Crippen LogP contribution in [0.5, 0.6) is 0 Å². The van der Waals surface area contributed by atoms with Crippen LogP contribution in [0, 0.1) is 9.39 Å². The van der Waals surface area contributed by atoms with Gasteiger partial charge < -0.3 is 11.5 Å². The lowest BCUT2D eigenvalue weighted by atomic mass is 10.2. The summed E-state index contributed by atoms with van der Waals surface area (Å²) in [4.78, 5) is 3.81. The summed E-state index contributed by atoms with van der Waals surface area (Å²) in [6.45, 7) is 0.388. The first-order valence-corrected chi connectivity index (χ1v) is 4.67. The molecule has 0 aliphatic carbocycles. The molecule has 0 bridgehead atoms. The normalized spacial score (nSPS) is 9.69. The van der Waals surface area contributed by atoms with Crippen molar-refractivity contribution in [3.05, 3.63) is 33.1 Å². The zero-order valence-corrected chi connectivity index (χ0v) is 8.95. The van der Waals surface area contributed by atoms with Crippen LogP contribution in [0.15, 0.2) is 23.2 Å². The Morgan fingerprint density at radius 3 is 2.69 bits per heavy atom. The molecule has 0 aliphatic rings. The molecule has 70 valence electrons. The van der Waals surface area contributed by atoms with Crippen molar-refractivity contribution < 1.29 is 4.39 Å². The third-order valence-corrected chi connectivity index (χ3v) is 2.25. The molecule has 0 atom stereocenters. The monoisotopic (exact) mass is 291 g/mol. The molecule has 0 aromatic heterocycles. The molecule has 0 saturated heterocycles. The van der Waals surface area contributed by atoms with E-state index >= 15 is 0 Å². The third kappa shape index (κ3) is 3.17. The van der Waals surface area contributed by atoms with Gasteiger partial charge in [-0.1, -0.05) is 6.07 Å². The van der Waals surface area contributed by atoms with Crippen LogP contribution < -0.4 is 11.5 Å². The highest BCUT2D eigenvalue weighted by Crippen LogP contribution is 2.13. The van der Waals surface area contributed by atoms with Crippen LogP contribution in [0.4, 0.5) is 4.39 Å². The van der Waals surface area contributed by atoms with Gasteiger partial charge in [-0.25, -0.2) is 9.38 Å². The second kappa shape index (κ2) is 4.40. The summed E-state index contributed by atoms with van der Waals surface area (Å²) in [7, 11) is 0. The topological polar surface area (TPSA) is 64.4 Å². The van der Waals surface area contributed by atoms with Crippen molar-refractivity contribution in [2.45, 2.75) is 6.54 Å². The molecule has 5 heteroatoms. The highest BCUT2D eigenvalue weighted by atomic mass is 125. The van der Waals surface area contributed by atoms with Gasteiger partial charge in [0.05, 0.1) is 6.54 Å². The lowest BCUT2D eigenvalue weighted by Gasteiger charge is -1.99. The molecule has 0 aliphatic heterocycles. The molecule has 1 aromatic carbocycles.